The summed E-state index contributed by atoms with van der Waals surface area (Å²) in [5.41, 5.74) is 8.14. The Hall–Kier alpha value is -1.85. The molecule has 22 heavy (non-hydrogen) atoms. The Morgan fingerprint density at radius 2 is 1.41 bits per heavy atom. The Morgan fingerprint density at radius 3 is 1.86 bits per heavy atom. The molecule has 0 radical (unpaired) electrons. The van der Waals surface area contributed by atoms with Crippen molar-refractivity contribution >= 4 is 21.4 Å². The first-order valence-electron chi connectivity index (χ1n) is 7.42. The SMILES string of the molecule is CC[N+](CC)(c1ccc(N)cc1)S(=O)(=O)c1ccc(C)cc1. The quantitative estimate of drug-likeness (QED) is 0.679. The second-order valence-electron chi connectivity index (χ2n) is 5.40. The van der Waals surface area contributed by atoms with E-state index in [4.69, 9.17) is 5.73 Å². The molecule has 0 aliphatic heterocycles. The number of benzene rings is 2. The van der Waals surface area contributed by atoms with Crippen LogP contribution in [0.4, 0.5) is 11.4 Å². The second kappa shape index (κ2) is 6.10. The van der Waals surface area contributed by atoms with Crippen LogP contribution in [0.5, 0.6) is 0 Å². The second-order valence-corrected chi connectivity index (χ2v) is 7.52. The van der Waals surface area contributed by atoms with E-state index in [1.807, 2.05) is 32.9 Å². The van der Waals surface area contributed by atoms with Gasteiger partial charge in [-0.15, -0.1) is 0 Å². The van der Waals surface area contributed by atoms with E-state index in [9.17, 15) is 8.42 Å². The van der Waals surface area contributed by atoms with E-state index in [0.717, 1.165) is 11.3 Å². The van der Waals surface area contributed by atoms with Gasteiger partial charge in [0.1, 0.15) is 10.6 Å². The van der Waals surface area contributed by atoms with Crippen molar-refractivity contribution in [3.05, 3.63) is 54.1 Å². The first-order valence-corrected chi connectivity index (χ1v) is 8.86. The highest BCUT2D eigenvalue weighted by molar-refractivity contribution is 7.91. The molecule has 0 saturated heterocycles. The van der Waals surface area contributed by atoms with Gasteiger partial charge in [0.25, 0.3) is 0 Å². The summed E-state index contributed by atoms with van der Waals surface area (Å²) in [4.78, 5) is 0.346. The summed E-state index contributed by atoms with van der Waals surface area (Å²) < 4.78 is 26.4. The van der Waals surface area contributed by atoms with Crippen LogP contribution in [0.25, 0.3) is 0 Å². The topological polar surface area (TPSA) is 60.2 Å². The average molecular weight is 319 g/mol. The maximum Gasteiger partial charge on any atom is 0.332 e. The fourth-order valence-electron chi connectivity index (χ4n) is 2.73. The van der Waals surface area contributed by atoms with E-state index >= 15 is 0 Å². The number of anilines is 1. The van der Waals surface area contributed by atoms with Gasteiger partial charge in [0.2, 0.25) is 0 Å². The van der Waals surface area contributed by atoms with Crippen molar-refractivity contribution in [1.82, 2.24) is 3.89 Å². The van der Waals surface area contributed by atoms with Crippen molar-refractivity contribution in [2.75, 3.05) is 18.8 Å². The monoisotopic (exact) mass is 319 g/mol. The summed E-state index contributed by atoms with van der Waals surface area (Å²) in [5.74, 6) is 0. The molecule has 0 atom stereocenters. The first kappa shape index (κ1) is 16.5. The summed E-state index contributed by atoms with van der Waals surface area (Å²) in [6, 6.07) is 14.1. The number of nitrogens with zero attached hydrogens (tertiary/aromatic N) is 1. The fraction of sp³-hybridized carbons (Fsp3) is 0.294. The molecule has 5 heteroatoms. The first-order chi connectivity index (χ1) is 10.4. The highest BCUT2D eigenvalue weighted by Gasteiger charge is 2.42. The average Bonchev–Trinajstić information content (AvgIpc) is 2.51. The lowest BCUT2D eigenvalue weighted by atomic mass is 10.2. The van der Waals surface area contributed by atoms with E-state index in [1.165, 1.54) is 0 Å². The van der Waals surface area contributed by atoms with E-state index in [0.29, 0.717) is 23.7 Å². The van der Waals surface area contributed by atoms with Crippen LogP contribution in [0.15, 0.2) is 53.4 Å². The Morgan fingerprint density at radius 1 is 0.909 bits per heavy atom. The molecular formula is C17H23N2O2S+. The Balaban J connectivity index is 2.64. The molecule has 2 N–H and O–H groups in total. The van der Waals surface area contributed by atoms with Gasteiger partial charge in [-0.3, -0.25) is 0 Å². The lowest BCUT2D eigenvalue weighted by Crippen LogP contribution is -2.53. The number of sulfonamides is 1. The largest absolute Gasteiger partial charge is 0.399 e. The third-order valence-electron chi connectivity index (χ3n) is 4.16. The van der Waals surface area contributed by atoms with Crippen LogP contribution >= 0.6 is 0 Å². The van der Waals surface area contributed by atoms with Gasteiger partial charge in [-0.2, -0.15) is 12.3 Å². The van der Waals surface area contributed by atoms with E-state index in [1.54, 1.807) is 36.4 Å². The normalized spacial score (nSPS) is 12.3. The summed E-state index contributed by atoms with van der Waals surface area (Å²) in [5, 5.41) is 0. The molecule has 2 rings (SSSR count). The van der Waals surface area contributed by atoms with Gasteiger partial charge < -0.3 is 5.73 Å². The molecule has 118 valence electrons. The van der Waals surface area contributed by atoms with Gasteiger partial charge in [-0.1, -0.05) is 17.7 Å². The molecule has 0 unspecified atom stereocenters. The predicted molar refractivity (Wildman–Crippen MR) is 92.1 cm³/mol. The molecule has 0 bridgehead atoms. The van der Waals surface area contributed by atoms with Crippen LogP contribution in [0.3, 0.4) is 0 Å². The fourth-order valence-corrected chi connectivity index (χ4v) is 4.69. The van der Waals surface area contributed by atoms with Crippen molar-refractivity contribution < 1.29 is 8.42 Å². The molecule has 0 aromatic heterocycles. The van der Waals surface area contributed by atoms with Gasteiger partial charge in [-0.05, 0) is 45.0 Å². The maximum atomic E-state index is 13.3. The number of quaternary nitrogens is 1. The third-order valence-corrected chi connectivity index (χ3v) is 6.68. The molecule has 0 saturated carbocycles. The summed E-state index contributed by atoms with van der Waals surface area (Å²) >= 11 is 0. The van der Waals surface area contributed by atoms with Crippen LogP contribution in [0.2, 0.25) is 0 Å². The van der Waals surface area contributed by atoms with E-state index in [2.05, 4.69) is 0 Å². The number of nitrogen functional groups attached to an aromatic ring is 1. The Bertz CT molecular complexity index is 731. The van der Waals surface area contributed by atoms with Crippen LogP contribution < -0.4 is 9.62 Å². The minimum atomic E-state index is -3.55. The van der Waals surface area contributed by atoms with Gasteiger partial charge in [0.15, 0.2) is 0 Å². The zero-order chi connectivity index (χ0) is 16.4. The van der Waals surface area contributed by atoms with Crippen molar-refractivity contribution in [2.45, 2.75) is 25.7 Å². The molecule has 0 heterocycles. The lowest BCUT2D eigenvalue weighted by Gasteiger charge is -2.34. The number of hydrogen-bond acceptors (Lipinski definition) is 3. The molecule has 0 aliphatic carbocycles. The Kier molecular flexibility index (Phi) is 4.58. The molecule has 0 fully saturated rings. The lowest BCUT2D eigenvalue weighted by molar-refractivity contribution is 0.436. The molecule has 0 amide bonds. The van der Waals surface area contributed by atoms with Crippen LogP contribution in [-0.4, -0.2) is 21.5 Å². The number of rotatable bonds is 5. The standard InChI is InChI=1S/C17H23N2O2S/c1-4-19(5-2,16-10-8-15(18)9-11-16)22(20,21)17-12-6-14(3)7-13-17/h6-13H,4-5,18H2,1-3H3/q+1. The van der Waals surface area contributed by atoms with E-state index in [-0.39, 0.29) is 3.89 Å². The third kappa shape index (κ3) is 2.62. The smallest absolute Gasteiger partial charge is 0.332 e. The maximum absolute atomic E-state index is 13.3. The minimum absolute atomic E-state index is 0.115. The van der Waals surface area contributed by atoms with Crippen molar-refractivity contribution in [3.8, 4) is 0 Å². The molecule has 2 aromatic carbocycles. The summed E-state index contributed by atoms with van der Waals surface area (Å²) in [6.07, 6.45) is 0. The van der Waals surface area contributed by atoms with Crippen LogP contribution in [0, 0.1) is 6.92 Å². The molecule has 0 aliphatic rings. The zero-order valence-corrected chi connectivity index (χ0v) is 14.1. The van der Waals surface area contributed by atoms with Gasteiger partial charge in [0.05, 0.1) is 13.1 Å². The van der Waals surface area contributed by atoms with Gasteiger partial charge in [0, 0.05) is 17.8 Å². The number of hydrogen-bond donors (Lipinski definition) is 1. The molecule has 4 nitrogen and oxygen atoms in total. The predicted octanol–water partition coefficient (Wildman–Crippen LogP) is 3.31. The molecular weight excluding hydrogens is 296 g/mol. The van der Waals surface area contributed by atoms with Gasteiger partial charge in [-0.25, -0.2) is 0 Å². The summed E-state index contributed by atoms with van der Waals surface area (Å²) in [6.45, 7) is 6.64. The van der Waals surface area contributed by atoms with E-state index < -0.39 is 10.0 Å². The van der Waals surface area contributed by atoms with Gasteiger partial charge >= 0.3 is 10.0 Å². The number of aryl methyl sites for hydroxylation is 1. The van der Waals surface area contributed by atoms with Crippen LogP contribution in [0.1, 0.15) is 19.4 Å². The zero-order valence-electron chi connectivity index (χ0n) is 13.3. The molecule has 0 spiro atoms. The van der Waals surface area contributed by atoms with Crippen LogP contribution in [-0.2, 0) is 10.0 Å². The van der Waals surface area contributed by atoms with Crippen molar-refractivity contribution in [2.24, 2.45) is 0 Å². The highest BCUT2D eigenvalue weighted by Crippen LogP contribution is 2.32. The summed E-state index contributed by atoms with van der Waals surface area (Å²) in [7, 11) is -3.55. The van der Waals surface area contributed by atoms with Crippen molar-refractivity contribution in [1.29, 1.82) is 0 Å². The number of nitrogens with two attached hydrogens (primary N) is 1. The minimum Gasteiger partial charge on any atom is -0.399 e. The Labute approximate surface area is 132 Å². The molecule has 2 aromatic rings. The highest BCUT2D eigenvalue weighted by atomic mass is 32.2. The van der Waals surface area contributed by atoms with Crippen molar-refractivity contribution in [3.63, 3.8) is 0 Å².